The van der Waals surface area contributed by atoms with Gasteiger partial charge in [0.05, 0.1) is 44.5 Å². The van der Waals surface area contributed by atoms with Crippen LogP contribution in [0.2, 0.25) is 0 Å². The molecule has 4 heterocycles. The Bertz CT molecular complexity index is 3120. The first-order chi connectivity index (χ1) is 28.3. The zero-order chi connectivity index (χ0) is 37.5. The second-order valence-corrected chi connectivity index (χ2v) is 15.6. The minimum Gasteiger partial charge on any atom is -0.309 e. The molecular formula is C52H39N5. The van der Waals surface area contributed by atoms with Crippen LogP contribution in [0.3, 0.4) is 0 Å². The van der Waals surface area contributed by atoms with Gasteiger partial charge < -0.3 is 4.57 Å². The van der Waals surface area contributed by atoms with Gasteiger partial charge >= 0.3 is 0 Å². The van der Waals surface area contributed by atoms with Crippen molar-refractivity contribution in [3.8, 4) is 28.7 Å². The van der Waals surface area contributed by atoms with Crippen molar-refractivity contribution in [1.29, 1.82) is 0 Å². The predicted molar refractivity (Wildman–Crippen MR) is 236 cm³/mol. The van der Waals surface area contributed by atoms with Crippen LogP contribution >= 0.6 is 0 Å². The highest BCUT2D eigenvalue weighted by molar-refractivity contribution is 6.11. The maximum Gasteiger partial charge on any atom is 0.237 e. The summed E-state index contributed by atoms with van der Waals surface area (Å²) < 4.78 is 7.00. The van der Waals surface area contributed by atoms with Gasteiger partial charge in [-0.1, -0.05) is 135 Å². The summed E-state index contributed by atoms with van der Waals surface area (Å²) in [6.45, 7) is 0. The molecule has 0 unspecified atom stereocenters. The van der Waals surface area contributed by atoms with E-state index >= 15 is 0 Å². The molecule has 272 valence electrons. The van der Waals surface area contributed by atoms with Gasteiger partial charge in [-0.15, -0.1) is 0 Å². The quantitative estimate of drug-likeness (QED) is 0.177. The van der Waals surface area contributed by atoms with Gasteiger partial charge in [-0.2, -0.15) is 4.98 Å². The van der Waals surface area contributed by atoms with Gasteiger partial charge in [0.1, 0.15) is 5.82 Å². The van der Waals surface area contributed by atoms with Crippen LogP contribution in [0.5, 0.6) is 0 Å². The van der Waals surface area contributed by atoms with Crippen molar-refractivity contribution >= 4 is 65.4 Å². The summed E-state index contributed by atoms with van der Waals surface area (Å²) in [5.41, 5.74) is 11.3. The van der Waals surface area contributed by atoms with E-state index in [4.69, 9.17) is 9.97 Å². The number of aromatic nitrogens is 5. The molecule has 11 aromatic rings. The maximum absolute atomic E-state index is 5.55. The number of rotatable bonds is 5. The number of nitrogens with zero attached hydrogens (tertiary/aromatic N) is 5. The lowest BCUT2D eigenvalue weighted by Gasteiger charge is -2.22. The zero-order valence-corrected chi connectivity index (χ0v) is 31.5. The third-order valence-electron chi connectivity index (χ3n) is 12.5. The summed E-state index contributed by atoms with van der Waals surface area (Å²) >= 11 is 0. The number of hydrogen-bond acceptors (Lipinski definition) is 2. The highest BCUT2D eigenvalue weighted by Crippen LogP contribution is 2.41. The molecule has 0 bridgehead atoms. The van der Waals surface area contributed by atoms with E-state index in [2.05, 4.69) is 184 Å². The molecule has 4 aromatic heterocycles. The van der Waals surface area contributed by atoms with Gasteiger partial charge in [-0.3, -0.25) is 9.13 Å². The van der Waals surface area contributed by atoms with Crippen molar-refractivity contribution in [2.45, 2.75) is 38.0 Å². The van der Waals surface area contributed by atoms with Crippen LogP contribution in [0.1, 0.15) is 43.6 Å². The molecule has 12 rings (SSSR count). The summed E-state index contributed by atoms with van der Waals surface area (Å²) in [6, 6.07) is 61.5. The Kier molecular flexibility index (Phi) is 7.24. The van der Waals surface area contributed by atoms with Crippen LogP contribution in [0.25, 0.3) is 94.1 Å². The Morgan fingerprint density at radius 1 is 0.386 bits per heavy atom. The monoisotopic (exact) mass is 733 g/mol. The lowest BCUT2D eigenvalue weighted by atomic mass is 9.84. The molecule has 0 spiro atoms. The van der Waals surface area contributed by atoms with Crippen molar-refractivity contribution in [3.05, 3.63) is 175 Å². The molecule has 1 aliphatic rings. The van der Waals surface area contributed by atoms with Crippen molar-refractivity contribution in [2.24, 2.45) is 0 Å². The minimum atomic E-state index is 0.635. The first kappa shape index (κ1) is 32.3. The number of fused-ring (bicyclic) bond motifs is 9. The molecule has 57 heavy (non-hydrogen) atoms. The van der Waals surface area contributed by atoms with Crippen molar-refractivity contribution in [1.82, 2.24) is 23.7 Å². The lowest BCUT2D eigenvalue weighted by Crippen LogP contribution is -2.08. The summed E-state index contributed by atoms with van der Waals surface area (Å²) in [7, 11) is 0. The second kappa shape index (κ2) is 12.8. The van der Waals surface area contributed by atoms with Crippen LogP contribution in [0.15, 0.2) is 170 Å². The van der Waals surface area contributed by atoms with Crippen LogP contribution in [-0.4, -0.2) is 23.7 Å². The van der Waals surface area contributed by atoms with Gasteiger partial charge in [0.2, 0.25) is 5.95 Å². The Morgan fingerprint density at radius 2 is 0.860 bits per heavy atom. The van der Waals surface area contributed by atoms with E-state index in [0.717, 1.165) is 44.8 Å². The van der Waals surface area contributed by atoms with Crippen LogP contribution in [0, 0.1) is 0 Å². The first-order valence-electron chi connectivity index (χ1n) is 20.3. The largest absolute Gasteiger partial charge is 0.309 e. The minimum absolute atomic E-state index is 0.635. The van der Waals surface area contributed by atoms with Gasteiger partial charge in [0.25, 0.3) is 0 Å². The predicted octanol–water partition coefficient (Wildman–Crippen LogP) is 13.5. The molecule has 1 fully saturated rings. The van der Waals surface area contributed by atoms with Gasteiger partial charge in [-0.25, -0.2) is 4.98 Å². The highest BCUT2D eigenvalue weighted by Gasteiger charge is 2.23. The molecule has 0 aliphatic heterocycles. The van der Waals surface area contributed by atoms with E-state index in [1.54, 1.807) is 0 Å². The van der Waals surface area contributed by atoms with E-state index < -0.39 is 0 Å². The Hall–Kier alpha value is -6.98. The number of hydrogen-bond donors (Lipinski definition) is 0. The van der Waals surface area contributed by atoms with E-state index in [1.807, 2.05) is 0 Å². The van der Waals surface area contributed by atoms with E-state index in [9.17, 15) is 0 Å². The lowest BCUT2D eigenvalue weighted by molar-refractivity contribution is 0.444. The SMILES string of the molecule is c1ccc(-n2c3ccccc3c3cc(C4CCCCC4)ccc32)c(-c2cc(-n3c4ccccc4c4ccccc43)nc(-n3c4ccccc4c4ccccc43)n2)c1. The van der Waals surface area contributed by atoms with Crippen molar-refractivity contribution < 1.29 is 0 Å². The second-order valence-electron chi connectivity index (χ2n) is 15.6. The summed E-state index contributed by atoms with van der Waals surface area (Å²) in [6.07, 6.45) is 6.56. The zero-order valence-electron chi connectivity index (χ0n) is 31.5. The normalized spacial score (nSPS) is 13.9. The molecule has 1 aliphatic carbocycles. The standard InChI is InChI=1S/C52H39N5/c1-2-16-34(17-3-1)35-30-31-50-42(32-35)40-22-8-10-24-44(40)55(50)49-29-15-9-23-41(49)43-33-51(56-45-25-11-4-18-36(45)37-19-5-12-26-46(37)56)54-52(53-43)57-47-27-13-6-20-38(47)39-21-7-14-28-48(39)57/h4-15,18-34H,1-3,16-17H2. The Balaban J connectivity index is 1.15. The fourth-order valence-electron chi connectivity index (χ4n) is 9.91. The topological polar surface area (TPSA) is 40.6 Å². The van der Waals surface area contributed by atoms with Gasteiger partial charge in [0, 0.05) is 43.9 Å². The van der Waals surface area contributed by atoms with Crippen molar-refractivity contribution in [3.63, 3.8) is 0 Å². The fourth-order valence-corrected chi connectivity index (χ4v) is 9.91. The van der Waals surface area contributed by atoms with E-state index in [1.165, 1.54) is 81.0 Å². The van der Waals surface area contributed by atoms with Crippen LogP contribution < -0.4 is 0 Å². The Morgan fingerprint density at radius 3 is 1.46 bits per heavy atom. The molecule has 5 heteroatoms. The first-order valence-corrected chi connectivity index (χ1v) is 20.3. The smallest absolute Gasteiger partial charge is 0.237 e. The molecule has 7 aromatic carbocycles. The average Bonchev–Trinajstić information content (AvgIpc) is 3.92. The van der Waals surface area contributed by atoms with Crippen LogP contribution in [-0.2, 0) is 0 Å². The third kappa shape index (κ3) is 4.95. The van der Waals surface area contributed by atoms with Crippen LogP contribution in [0.4, 0.5) is 0 Å². The fraction of sp³-hybridized carbons (Fsp3) is 0.115. The number of benzene rings is 7. The van der Waals surface area contributed by atoms with E-state index in [0.29, 0.717) is 11.9 Å². The molecule has 0 N–H and O–H groups in total. The molecule has 0 amide bonds. The van der Waals surface area contributed by atoms with Crippen molar-refractivity contribution in [2.75, 3.05) is 0 Å². The molecule has 0 radical (unpaired) electrons. The average molecular weight is 734 g/mol. The van der Waals surface area contributed by atoms with E-state index in [-0.39, 0.29) is 0 Å². The molecule has 1 saturated carbocycles. The molecular weight excluding hydrogens is 695 g/mol. The summed E-state index contributed by atoms with van der Waals surface area (Å²) in [5.74, 6) is 2.09. The summed E-state index contributed by atoms with van der Waals surface area (Å²) in [5, 5.41) is 7.34. The molecule has 0 saturated heterocycles. The molecule has 0 atom stereocenters. The maximum atomic E-state index is 5.55. The highest BCUT2D eigenvalue weighted by atomic mass is 15.2. The van der Waals surface area contributed by atoms with Gasteiger partial charge in [0.15, 0.2) is 0 Å². The molecule has 5 nitrogen and oxygen atoms in total. The number of para-hydroxylation sites is 6. The van der Waals surface area contributed by atoms with Gasteiger partial charge in [-0.05, 0) is 72.9 Å². The Labute approximate surface area is 330 Å². The third-order valence-corrected chi connectivity index (χ3v) is 12.5. The summed E-state index contributed by atoms with van der Waals surface area (Å²) in [4.78, 5) is 11.0.